The number of carbonyl (C=O) groups excluding carboxylic acids is 1. The van der Waals surface area contributed by atoms with Gasteiger partial charge in [-0.15, -0.1) is 0 Å². The van der Waals surface area contributed by atoms with Crippen LogP contribution in [0.25, 0.3) is 0 Å². The predicted octanol–water partition coefficient (Wildman–Crippen LogP) is 0.703. The minimum absolute atomic E-state index is 0.0524. The molecule has 1 aromatic rings. The molecule has 0 aliphatic heterocycles. The van der Waals surface area contributed by atoms with E-state index in [2.05, 4.69) is 0 Å². The number of likely N-dealkylation sites (N-methyl/N-ethyl adjacent to an activating group) is 1. The monoisotopic (exact) mass is 267 g/mol. The van der Waals surface area contributed by atoms with E-state index < -0.39 is 6.10 Å². The highest BCUT2D eigenvalue weighted by molar-refractivity contribution is 5.78. The van der Waals surface area contributed by atoms with Gasteiger partial charge in [0, 0.05) is 20.7 Å². The third-order valence-corrected chi connectivity index (χ3v) is 2.76. The van der Waals surface area contributed by atoms with Gasteiger partial charge in [-0.3, -0.25) is 4.79 Å². The molecular formula is C14H21NO4. The average Bonchev–Trinajstić information content (AvgIpc) is 2.39. The van der Waals surface area contributed by atoms with E-state index in [-0.39, 0.29) is 25.5 Å². The molecule has 0 bridgehead atoms. The van der Waals surface area contributed by atoms with Crippen molar-refractivity contribution in [3.8, 4) is 5.75 Å². The first kappa shape index (κ1) is 15.5. The number of ether oxygens (including phenoxy) is 2. The van der Waals surface area contributed by atoms with Gasteiger partial charge in [0.1, 0.15) is 5.75 Å². The minimum Gasteiger partial charge on any atom is -0.497 e. The first-order valence-corrected chi connectivity index (χ1v) is 6.10. The van der Waals surface area contributed by atoms with E-state index in [4.69, 9.17) is 9.47 Å². The molecule has 5 heteroatoms. The van der Waals surface area contributed by atoms with Gasteiger partial charge in [-0.2, -0.15) is 0 Å². The summed E-state index contributed by atoms with van der Waals surface area (Å²) in [6.07, 6.45) is -0.378. The standard InChI is InChI=1S/C14H21NO4/c1-15(9-12(16)10-18-2)14(17)8-11-5-4-6-13(7-11)19-3/h4-7,12,16H,8-10H2,1-3H3. The largest absolute Gasteiger partial charge is 0.497 e. The number of rotatable bonds is 7. The quantitative estimate of drug-likeness (QED) is 0.790. The van der Waals surface area contributed by atoms with Crippen molar-refractivity contribution in [2.45, 2.75) is 12.5 Å². The van der Waals surface area contributed by atoms with Crippen molar-refractivity contribution >= 4 is 5.91 Å². The van der Waals surface area contributed by atoms with E-state index in [0.29, 0.717) is 0 Å². The van der Waals surface area contributed by atoms with Crippen LogP contribution in [0, 0.1) is 0 Å². The normalized spacial score (nSPS) is 12.0. The molecule has 0 fully saturated rings. The topological polar surface area (TPSA) is 59.0 Å². The Balaban J connectivity index is 2.53. The van der Waals surface area contributed by atoms with Crippen LogP contribution in [0.3, 0.4) is 0 Å². The Bertz CT molecular complexity index is 408. The van der Waals surface area contributed by atoms with Crippen LogP contribution in [0.5, 0.6) is 5.75 Å². The molecule has 0 saturated carbocycles. The number of nitrogens with zero attached hydrogens (tertiary/aromatic N) is 1. The van der Waals surface area contributed by atoms with Crippen LogP contribution in [0.15, 0.2) is 24.3 Å². The molecule has 1 unspecified atom stereocenters. The summed E-state index contributed by atoms with van der Waals surface area (Å²) in [7, 11) is 4.77. The van der Waals surface area contributed by atoms with E-state index in [1.807, 2.05) is 24.3 Å². The lowest BCUT2D eigenvalue weighted by molar-refractivity contribution is -0.130. The summed E-state index contributed by atoms with van der Waals surface area (Å²) in [5.41, 5.74) is 0.887. The molecule has 0 spiro atoms. The summed E-state index contributed by atoms with van der Waals surface area (Å²) in [5, 5.41) is 9.58. The Morgan fingerprint density at radius 2 is 2.16 bits per heavy atom. The second-order valence-corrected chi connectivity index (χ2v) is 4.41. The fourth-order valence-corrected chi connectivity index (χ4v) is 1.76. The third-order valence-electron chi connectivity index (χ3n) is 2.76. The van der Waals surface area contributed by atoms with Crippen molar-refractivity contribution in [2.24, 2.45) is 0 Å². The zero-order valence-electron chi connectivity index (χ0n) is 11.6. The summed E-state index contributed by atoms with van der Waals surface area (Å²) in [6.45, 7) is 0.480. The number of aliphatic hydroxyl groups is 1. The minimum atomic E-state index is -0.663. The maximum atomic E-state index is 12.0. The second kappa shape index (κ2) is 7.76. The fraction of sp³-hybridized carbons (Fsp3) is 0.500. The van der Waals surface area contributed by atoms with E-state index in [1.54, 1.807) is 14.2 Å². The Morgan fingerprint density at radius 3 is 2.79 bits per heavy atom. The van der Waals surface area contributed by atoms with Gasteiger partial charge in [-0.25, -0.2) is 0 Å². The smallest absolute Gasteiger partial charge is 0.226 e. The van der Waals surface area contributed by atoms with E-state index >= 15 is 0 Å². The zero-order chi connectivity index (χ0) is 14.3. The van der Waals surface area contributed by atoms with E-state index in [9.17, 15) is 9.90 Å². The lowest BCUT2D eigenvalue weighted by atomic mass is 10.1. The van der Waals surface area contributed by atoms with Crippen LogP contribution in [-0.4, -0.2) is 56.4 Å². The lowest BCUT2D eigenvalue weighted by Crippen LogP contribution is -2.37. The first-order chi connectivity index (χ1) is 9.06. The molecule has 1 N–H and O–H groups in total. The number of hydrogen-bond donors (Lipinski definition) is 1. The van der Waals surface area contributed by atoms with Gasteiger partial charge in [0.15, 0.2) is 0 Å². The zero-order valence-corrected chi connectivity index (χ0v) is 11.6. The molecule has 0 saturated heterocycles. The number of aliphatic hydroxyl groups excluding tert-OH is 1. The molecule has 19 heavy (non-hydrogen) atoms. The maximum absolute atomic E-state index is 12.0. The number of hydrogen-bond acceptors (Lipinski definition) is 4. The highest BCUT2D eigenvalue weighted by atomic mass is 16.5. The Hall–Kier alpha value is -1.59. The van der Waals surface area contributed by atoms with Gasteiger partial charge in [-0.05, 0) is 17.7 Å². The van der Waals surface area contributed by atoms with Crippen molar-refractivity contribution in [1.82, 2.24) is 4.90 Å². The number of benzene rings is 1. The Morgan fingerprint density at radius 1 is 1.42 bits per heavy atom. The van der Waals surface area contributed by atoms with Crippen molar-refractivity contribution in [3.63, 3.8) is 0 Å². The molecule has 0 aliphatic carbocycles. The third kappa shape index (κ3) is 5.28. The predicted molar refractivity (Wildman–Crippen MR) is 72.2 cm³/mol. The molecule has 1 atom stereocenters. The van der Waals surface area contributed by atoms with Gasteiger partial charge in [0.05, 0.1) is 26.2 Å². The number of methoxy groups -OCH3 is 2. The summed E-state index contributed by atoms with van der Waals surface area (Å²) >= 11 is 0. The molecule has 1 rings (SSSR count). The Kier molecular flexibility index (Phi) is 6.32. The molecule has 0 aromatic heterocycles. The van der Waals surface area contributed by atoms with Crippen LogP contribution in [-0.2, 0) is 16.0 Å². The van der Waals surface area contributed by atoms with Gasteiger partial charge in [0.25, 0.3) is 0 Å². The van der Waals surface area contributed by atoms with Crippen LogP contribution in [0.1, 0.15) is 5.56 Å². The van der Waals surface area contributed by atoms with E-state index in [0.717, 1.165) is 11.3 Å². The highest BCUT2D eigenvalue weighted by Crippen LogP contribution is 2.13. The first-order valence-electron chi connectivity index (χ1n) is 6.10. The molecule has 1 aromatic carbocycles. The van der Waals surface area contributed by atoms with Crippen molar-refractivity contribution < 1.29 is 19.4 Å². The van der Waals surface area contributed by atoms with Crippen LogP contribution in [0.4, 0.5) is 0 Å². The fourth-order valence-electron chi connectivity index (χ4n) is 1.76. The Labute approximate surface area is 113 Å². The van der Waals surface area contributed by atoms with Gasteiger partial charge >= 0.3 is 0 Å². The van der Waals surface area contributed by atoms with E-state index in [1.165, 1.54) is 12.0 Å². The molecule has 0 aliphatic rings. The summed E-state index contributed by atoms with van der Waals surface area (Å²) in [4.78, 5) is 13.5. The van der Waals surface area contributed by atoms with Crippen LogP contribution < -0.4 is 4.74 Å². The lowest BCUT2D eigenvalue weighted by Gasteiger charge is -2.20. The van der Waals surface area contributed by atoms with Gasteiger partial charge < -0.3 is 19.5 Å². The highest BCUT2D eigenvalue weighted by Gasteiger charge is 2.14. The molecule has 0 radical (unpaired) electrons. The second-order valence-electron chi connectivity index (χ2n) is 4.41. The summed E-state index contributed by atoms with van der Waals surface area (Å²) < 4.78 is 9.94. The van der Waals surface area contributed by atoms with Crippen LogP contribution in [0.2, 0.25) is 0 Å². The van der Waals surface area contributed by atoms with Crippen molar-refractivity contribution in [1.29, 1.82) is 0 Å². The maximum Gasteiger partial charge on any atom is 0.226 e. The van der Waals surface area contributed by atoms with Gasteiger partial charge in [-0.1, -0.05) is 12.1 Å². The molecule has 1 amide bonds. The average molecular weight is 267 g/mol. The summed E-state index contributed by atoms with van der Waals surface area (Å²) in [5.74, 6) is 0.677. The van der Waals surface area contributed by atoms with Gasteiger partial charge in [0.2, 0.25) is 5.91 Å². The van der Waals surface area contributed by atoms with Crippen LogP contribution >= 0.6 is 0 Å². The van der Waals surface area contributed by atoms with Crippen molar-refractivity contribution in [2.75, 3.05) is 34.4 Å². The summed E-state index contributed by atoms with van der Waals surface area (Å²) in [6, 6.07) is 7.39. The SMILES string of the molecule is COCC(O)CN(C)C(=O)Cc1cccc(OC)c1. The molecule has 0 heterocycles. The number of amides is 1. The molecule has 5 nitrogen and oxygen atoms in total. The molecule has 106 valence electrons. The number of carbonyl (C=O) groups is 1. The molecular weight excluding hydrogens is 246 g/mol. The van der Waals surface area contributed by atoms with Crippen molar-refractivity contribution in [3.05, 3.63) is 29.8 Å².